The van der Waals surface area contributed by atoms with Gasteiger partial charge in [-0.15, -0.1) is 0 Å². The van der Waals surface area contributed by atoms with Crippen LogP contribution in [-0.2, 0) is 25.7 Å². The molecule has 1 N–H and O–H groups in total. The van der Waals surface area contributed by atoms with Crippen molar-refractivity contribution in [2.24, 2.45) is 5.92 Å². The lowest BCUT2D eigenvalue weighted by Gasteiger charge is -2.52. The predicted molar refractivity (Wildman–Crippen MR) is 182 cm³/mol. The molecule has 1 aliphatic heterocycles. The largest absolute Gasteiger partial charge is 0.456 e. The van der Waals surface area contributed by atoms with E-state index in [4.69, 9.17) is 4.74 Å². The molecule has 1 saturated heterocycles. The van der Waals surface area contributed by atoms with Gasteiger partial charge in [0.2, 0.25) is 5.91 Å². The molecule has 1 heterocycles. The summed E-state index contributed by atoms with van der Waals surface area (Å²) in [6.45, 7) is 0.962. The van der Waals surface area contributed by atoms with Gasteiger partial charge < -0.3 is 9.84 Å². The Kier molecular flexibility index (Phi) is 9.63. The van der Waals surface area contributed by atoms with Gasteiger partial charge in [-0.05, 0) is 47.5 Å². The highest BCUT2D eigenvalue weighted by molar-refractivity contribution is 8.14. The maximum atomic E-state index is 14.7. The molecule has 0 saturated carbocycles. The van der Waals surface area contributed by atoms with Crippen molar-refractivity contribution in [2.75, 3.05) is 0 Å². The molecule has 1 aliphatic rings. The Bertz CT molecular complexity index is 1710. The normalized spacial score (nSPS) is 16.3. The number of hydrogen-bond donors (Lipinski definition) is 1. The summed E-state index contributed by atoms with van der Waals surface area (Å²) in [4.78, 5) is 53.6. The number of non-ortho nitro benzene ring substituents is 1. The third-order valence-electron chi connectivity index (χ3n) is 7.77. The topological polar surface area (TPSA) is 127 Å². The molecule has 2 atom stereocenters. The summed E-state index contributed by atoms with van der Waals surface area (Å²) in [5.74, 6) is -2.25. The molecule has 1 fully saturated rings. The minimum Gasteiger partial charge on any atom is -0.456 e. The van der Waals surface area contributed by atoms with E-state index >= 15 is 0 Å². The van der Waals surface area contributed by atoms with E-state index in [0.29, 0.717) is 5.56 Å². The van der Waals surface area contributed by atoms with E-state index in [2.05, 4.69) is 0 Å². The van der Waals surface area contributed by atoms with Crippen LogP contribution in [0.15, 0.2) is 115 Å². The van der Waals surface area contributed by atoms with Gasteiger partial charge in [0.05, 0.1) is 16.4 Å². The molecule has 0 bridgehead atoms. The van der Waals surface area contributed by atoms with Crippen molar-refractivity contribution in [3.05, 3.63) is 131 Å². The Balaban J connectivity index is 1.83. The van der Waals surface area contributed by atoms with Crippen molar-refractivity contribution in [1.82, 2.24) is 4.90 Å². The van der Waals surface area contributed by atoms with Gasteiger partial charge in [0.15, 0.2) is 5.12 Å². The maximum Gasteiger partial charge on any atom is 0.356 e. The molecule has 11 heteroatoms. The van der Waals surface area contributed by atoms with Crippen LogP contribution < -0.4 is 15.9 Å². The summed E-state index contributed by atoms with van der Waals surface area (Å²) >= 11 is 0.886. The number of esters is 1. The molecule has 236 valence electrons. The molecular formula is C35H33N2O7PS. The maximum absolute atomic E-state index is 14.7. The first kappa shape index (κ1) is 32.9. The monoisotopic (exact) mass is 656 g/mol. The van der Waals surface area contributed by atoms with Gasteiger partial charge in [0.1, 0.15) is 17.4 Å². The number of β-lactam (4-membered cyclic amide) rings is 1. The van der Waals surface area contributed by atoms with E-state index in [0.717, 1.165) is 27.7 Å². The molecule has 0 spiro atoms. The minimum absolute atomic E-state index is 0.0715. The Labute approximate surface area is 271 Å². The number of ether oxygens (including phenoxy) is 1. The standard InChI is InChI=1S/C35H33N2O7PS/c1-24(38)46-33-30(35(2,3)41)31(39)36(33)32(34(40)44-23-25-19-21-26(22-20-25)37(42)43)45(27-13-7-4-8-14-27,28-15-9-5-10-16-28)29-17-11-6-12-18-29/h4-22,30,33,41H,23H2,1-3H3/t30-,33-/m1/s1. The van der Waals surface area contributed by atoms with Crippen LogP contribution in [0.2, 0.25) is 0 Å². The first-order valence-electron chi connectivity index (χ1n) is 14.5. The number of amides is 1. The van der Waals surface area contributed by atoms with Crippen LogP contribution in [0.5, 0.6) is 0 Å². The van der Waals surface area contributed by atoms with Gasteiger partial charge in [-0.3, -0.25) is 24.6 Å². The van der Waals surface area contributed by atoms with Gasteiger partial charge in [-0.2, -0.15) is 0 Å². The number of carbonyl (C=O) groups excluding carboxylic acids is 3. The zero-order valence-electron chi connectivity index (χ0n) is 25.5. The van der Waals surface area contributed by atoms with E-state index in [1.807, 2.05) is 91.0 Å². The second kappa shape index (κ2) is 13.5. The van der Waals surface area contributed by atoms with Crippen LogP contribution in [0.3, 0.4) is 0 Å². The van der Waals surface area contributed by atoms with E-state index in [1.165, 1.54) is 49.9 Å². The molecule has 46 heavy (non-hydrogen) atoms. The molecule has 0 aliphatic carbocycles. The lowest BCUT2D eigenvalue weighted by Crippen LogP contribution is -2.69. The number of carbonyl (C=O) groups is 3. The number of thioether (sulfide) groups is 1. The second-order valence-corrected chi connectivity index (χ2v) is 15.9. The molecule has 0 aromatic heterocycles. The minimum atomic E-state index is -3.23. The predicted octanol–water partition coefficient (Wildman–Crippen LogP) is 4.60. The molecule has 0 radical (unpaired) electrons. The average Bonchev–Trinajstić information content (AvgIpc) is 3.04. The fourth-order valence-corrected chi connectivity index (χ4v) is 11.4. The number of nitro groups is 1. The van der Waals surface area contributed by atoms with Gasteiger partial charge in [-0.25, -0.2) is 4.79 Å². The summed E-state index contributed by atoms with van der Waals surface area (Å²) in [6, 6.07) is 34.0. The first-order chi connectivity index (χ1) is 22.0. The number of likely N-dealkylation sites (tertiary alicyclic amines) is 1. The zero-order valence-corrected chi connectivity index (χ0v) is 27.2. The molecule has 9 nitrogen and oxygen atoms in total. The highest BCUT2D eigenvalue weighted by Gasteiger charge is 2.59. The van der Waals surface area contributed by atoms with E-state index in [9.17, 15) is 29.6 Å². The third-order valence-corrected chi connectivity index (χ3v) is 13.1. The highest BCUT2D eigenvalue weighted by atomic mass is 32.2. The highest BCUT2D eigenvalue weighted by Crippen LogP contribution is 2.52. The molecular weight excluding hydrogens is 623 g/mol. The van der Waals surface area contributed by atoms with Crippen LogP contribution in [0.25, 0.3) is 0 Å². The van der Waals surface area contributed by atoms with Gasteiger partial charge in [0, 0.05) is 25.9 Å². The lowest BCUT2D eigenvalue weighted by molar-refractivity contribution is -0.384. The Morgan fingerprint density at radius 1 is 0.870 bits per heavy atom. The number of nitro benzene ring substituents is 1. The van der Waals surface area contributed by atoms with Gasteiger partial charge >= 0.3 is 5.97 Å². The molecule has 1 amide bonds. The van der Waals surface area contributed by atoms with Crippen molar-refractivity contribution in [1.29, 1.82) is 0 Å². The number of nitrogens with zero attached hydrogens (tertiary/aromatic N) is 2. The summed E-state index contributed by atoms with van der Waals surface area (Å²) in [7, 11) is 0. The first-order valence-corrected chi connectivity index (χ1v) is 17.2. The van der Waals surface area contributed by atoms with E-state index < -0.39 is 40.6 Å². The van der Waals surface area contributed by atoms with Crippen LogP contribution in [0.1, 0.15) is 26.3 Å². The fraction of sp³-hybridized carbons (Fsp3) is 0.200. The number of benzene rings is 4. The third kappa shape index (κ3) is 6.29. The van der Waals surface area contributed by atoms with Crippen molar-refractivity contribution in [2.45, 2.75) is 38.4 Å². The van der Waals surface area contributed by atoms with Gasteiger partial charge in [-0.1, -0.05) is 103 Å². The molecule has 0 unspecified atom stereocenters. The van der Waals surface area contributed by atoms with Crippen molar-refractivity contribution in [3.8, 4) is 0 Å². The quantitative estimate of drug-likeness (QED) is 0.0864. The van der Waals surface area contributed by atoms with Crippen LogP contribution in [-0.4, -0.2) is 48.3 Å². The van der Waals surface area contributed by atoms with Crippen molar-refractivity contribution < 1.29 is 29.2 Å². The van der Waals surface area contributed by atoms with Gasteiger partial charge in [0.25, 0.3) is 5.69 Å². The Morgan fingerprint density at radius 3 is 1.72 bits per heavy atom. The zero-order chi connectivity index (χ0) is 33.1. The Morgan fingerprint density at radius 2 is 1.33 bits per heavy atom. The summed E-state index contributed by atoms with van der Waals surface area (Å²) in [5.41, 5.74) is -0.998. The number of rotatable bonds is 10. The van der Waals surface area contributed by atoms with Crippen molar-refractivity contribution in [3.63, 3.8) is 0 Å². The number of aliphatic hydroxyl groups is 1. The summed E-state index contributed by atoms with van der Waals surface area (Å²) in [6.07, 6.45) is 0. The smallest absolute Gasteiger partial charge is 0.356 e. The average molecular weight is 657 g/mol. The SMILES string of the molecule is CC(=O)S[C@@H]1[C@H](C(C)(C)O)C(=O)N1C(C(=O)OCc1ccc([N+](=O)[O-])cc1)=P(c1ccccc1)(c1ccccc1)c1ccccc1. The summed E-state index contributed by atoms with van der Waals surface area (Å²) in [5, 5.41) is 23.4. The van der Waals surface area contributed by atoms with E-state index in [-0.39, 0.29) is 22.8 Å². The lowest BCUT2D eigenvalue weighted by atomic mass is 9.83. The molecule has 5 rings (SSSR count). The van der Waals surface area contributed by atoms with E-state index in [1.54, 1.807) is 0 Å². The number of hydrogen-bond acceptors (Lipinski definition) is 8. The van der Waals surface area contributed by atoms with Crippen LogP contribution in [0.4, 0.5) is 5.69 Å². The fourth-order valence-electron chi connectivity index (χ4n) is 5.72. The molecule has 4 aromatic rings. The van der Waals surface area contributed by atoms with Crippen LogP contribution >= 0.6 is 18.6 Å². The van der Waals surface area contributed by atoms with Crippen LogP contribution in [0, 0.1) is 16.0 Å². The van der Waals surface area contributed by atoms with Crippen molar-refractivity contribution >= 4 is 62.7 Å². The summed E-state index contributed by atoms with van der Waals surface area (Å²) < 4.78 is 5.97. The second-order valence-electron chi connectivity index (χ2n) is 11.3. The molecule has 4 aromatic carbocycles. The Hall–Kier alpha value is -4.50.